The Morgan fingerprint density at radius 2 is 2.11 bits per heavy atom. The van der Waals surface area contributed by atoms with Gasteiger partial charge in [-0.2, -0.15) is 9.61 Å². The van der Waals surface area contributed by atoms with Gasteiger partial charge in [-0.05, 0) is 19.1 Å². The molecule has 0 aliphatic heterocycles. The van der Waals surface area contributed by atoms with Crippen molar-refractivity contribution in [2.45, 2.75) is 11.8 Å². The number of aryl methyl sites for hydroxylation is 1. The van der Waals surface area contributed by atoms with Crippen LogP contribution in [-0.2, 0) is 0 Å². The van der Waals surface area contributed by atoms with Crippen LogP contribution in [0.2, 0.25) is 0 Å². The lowest BCUT2D eigenvalue weighted by Crippen LogP contribution is -2.05. The molecule has 3 rings (SSSR count). The molecule has 0 radical (unpaired) electrons. The summed E-state index contributed by atoms with van der Waals surface area (Å²) in [7, 11) is 0. The Morgan fingerprint density at radius 1 is 1.26 bits per heavy atom. The Hall–Kier alpha value is -1.72. The average Bonchev–Trinajstić information content (AvgIpc) is 2.78. The molecular formula is C12H9Cl2N5. The molecule has 0 aromatic carbocycles. The first kappa shape index (κ1) is 12.3. The summed E-state index contributed by atoms with van der Waals surface area (Å²) in [6.45, 7) is 1.89. The van der Waals surface area contributed by atoms with E-state index in [0.717, 1.165) is 11.3 Å². The van der Waals surface area contributed by atoms with Crippen molar-refractivity contribution >= 4 is 28.8 Å². The highest BCUT2D eigenvalue weighted by molar-refractivity contribution is 6.43. The molecule has 0 aliphatic rings. The first-order valence-corrected chi connectivity index (χ1v) is 6.45. The number of aromatic nitrogens is 5. The SMILES string of the molecule is Cc1cc2nc(C(Cl)Cl)nc(-c3cccnc3)n2n1. The van der Waals surface area contributed by atoms with Crippen molar-refractivity contribution in [3.8, 4) is 11.4 Å². The van der Waals surface area contributed by atoms with E-state index >= 15 is 0 Å². The number of pyridine rings is 1. The van der Waals surface area contributed by atoms with Gasteiger partial charge in [0.1, 0.15) is 0 Å². The molecular weight excluding hydrogens is 285 g/mol. The fourth-order valence-corrected chi connectivity index (χ4v) is 1.99. The molecule has 0 fully saturated rings. The number of halogens is 2. The zero-order valence-corrected chi connectivity index (χ0v) is 11.5. The number of rotatable bonds is 2. The Balaban J connectivity index is 2.32. The predicted molar refractivity (Wildman–Crippen MR) is 73.2 cm³/mol. The standard InChI is InChI=1S/C12H9Cl2N5/c1-7-5-9-16-11(10(13)14)17-12(19(9)18-7)8-3-2-4-15-6-8/h2-6,10H,1H3. The summed E-state index contributed by atoms with van der Waals surface area (Å²) in [6, 6.07) is 5.58. The Kier molecular flexibility index (Phi) is 3.08. The predicted octanol–water partition coefficient (Wildman–Crippen LogP) is 2.97. The Morgan fingerprint density at radius 3 is 2.79 bits per heavy atom. The third-order valence-corrected chi connectivity index (χ3v) is 2.97. The maximum absolute atomic E-state index is 5.86. The van der Waals surface area contributed by atoms with Gasteiger partial charge in [0.25, 0.3) is 0 Å². The van der Waals surface area contributed by atoms with Crippen LogP contribution >= 0.6 is 23.2 Å². The van der Waals surface area contributed by atoms with Crippen molar-refractivity contribution < 1.29 is 0 Å². The van der Waals surface area contributed by atoms with Crippen LogP contribution in [0.25, 0.3) is 17.0 Å². The molecule has 0 unspecified atom stereocenters. The minimum atomic E-state index is -0.782. The second-order valence-electron chi connectivity index (χ2n) is 4.00. The summed E-state index contributed by atoms with van der Waals surface area (Å²) in [5.74, 6) is 0.974. The maximum atomic E-state index is 5.86. The summed E-state index contributed by atoms with van der Waals surface area (Å²) in [4.78, 5) is 12.0. The van der Waals surface area contributed by atoms with Crippen LogP contribution in [0.15, 0.2) is 30.6 Å². The smallest absolute Gasteiger partial charge is 0.167 e. The third kappa shape index (κ3) is 2.27. The molecule has 0 atom stereocenters. The van der Waals surface area contributed by atoms with Crippen LogP contribution in [-0.4, -0.2) is 24.6 Å². The molecule has 3 heterocycles. The van der Waals surface area contributed by atoms with E-state index in [4.69, 9.17) is 23.2 Å². The number of nitrogens with zero attached hydrogens (tertiary/aromatic N) is 5. The van der Waals surface area contributed by atoms with Gasteiger partial charge in [0.15, 0.2) is 22.1 Å². The van der Waals surface area contributed by atoms with Gasteiger partial charge in [-0.15, -0.1) is 0 Å². The lowest BCUT2D eigenvalue weighted by Gasteiger charge is -2.06. The van der Waals surface area contributed by atoms with Crippen molar-refractivity contribution in [1.29, 1.82) is 0 Å². The fourth-order valence-electron chi connectivity index (χ4n) is 1.80. The third-order valence-electron chi connectivity index (χ3n) is 2.58. The van der Waals surface area contributed by atoms with E-state index in [1.807, 2.05) is 25.1 Å². The molecule has 96 valence electrons. The summed E-state index contributed by atoms with van der Waals surface area (Å²) in [5.41, 5.74) is 2.33. The van der Waals surface area contributed by atoms with Gasteiger partial charge < -0.3 is 0 Å². The molecule has 3 aromatic rings. The van der Waals surface area contributed by atoms with Crippen molar-refractivity contribution in [2.24, 2.45) is 0 Å². The van der Waals surface area contributed by atoms with Gasteiger partial charge in [0, 0.05) is 24.0 Å². The molecule has 5 nitrogen and oxygen atoms in total. The second-order valence-corrected chi connectivity index (χ2v) is 5.10. The molecule has 0 amide bonds. The van der Waals surface area contributed by atoms with E-state index in [1.165, 1.54) is 0 Å². The molecule has 0 spiro atoms. The highest BCUT2D eigenvalue weighted by Crippen LogP contribution is 2.25. The van der Waals surface area contributed by atoms with E-state index in [2.05, 4.69) is 20.1 Å². The van der Waals surface area contributed by atoms with Gasteiger partial charge in [-0.1, -0.05) is 23.2 Å². The van der Waals surface area contributed by atoms with Crippen molar-refractivity contribution in [1.82, 2.24) is 24.6 Å². The van der Waals surface area contributed by atoms with Gasteiger partial charge in [0.05, 0.1) is 5.69 Å². The summed E-state index contributed by atoms with van der Waals surface area (Å²) >= 11 is 11.7. The summed E-state index contributed by atoms with van der Waals surface area (Å²) < 4.78 is 1.66. The van der Waals surface area contributed by atoms with Crippen LogP contribution in [0.5, 0.6) is 0 Å². The lowest BCUT2D eigenvalue weighted by atomic mass is 10.3. The average molecular weight is 294 g/mol. The maximum Gasteiger partial charge on any atom is 0.167 e. The normalized spacial score (nSPS) is 11.4. The number of fused-ring (bicyclic) bond motifs is 1. The molecule has 0 N–H and O–H groups in total. The Bertz CT molecular complexity index is 724. The van der Waals surface area contributed by atoms with Crippen molar-refractivity contribution in [2.75, 3.05) is 0 Å². The van der Waals surface area contributed by atoms with Gasteiger partial charge in [0.2, 0.25) is 0 Å². The first-order valence-electron chi connectivity index (χ1n) is 5.58. The molecule has 0 saturated carbocycles. The number of hydrogen-bond donors (Lipinski definition) is 0. The summed E-state index contributed by atoms with van der Waals surface area (Å²) in [6.07, 6.45) is 3.41. The molecule has 0 bridgehead atoms. The second kappa shape index (κ2) is 4.75. The monoisotopic (exact) mass is 293 g/mol. The van der Waals surface area contributed by atoms with E-state index in [-0.39, 0.29) is 0 Å². The molecule has 19 heavy (non-hydrogen) atoms. The zero-order valence-electron chi connectivity index (χ0n) is 9.96. The minimum absolute atomic E-state index is 0.356. The van der Waals surface area contributed by atoms with Gasteiger partial charge in [-0.3, -0.25) is 4.98 Å². The topological polar surface area (TPSA) is 56.0 Å². The van der Waals surface area contributed by atoms with Crippen molar-refractivity contribution in [3.05, 3.63) is 42.1 Å². The van der Waals surface area contributed by atoms with Crippen molar-refractivity contribution in [3.63, 3.8) is 0 Å². The van der Waals surface area contributed by atoms with E-state index in [1.54, 1.807) is 16.9 Å². The van der Waals surface area contributed by atoms with Gasteiger partial charge >= 0.3 is 0 Å². The number of alkyl halides is 2. The van der Waals surface area contributed by atoms with Gasteiger partial charge in [-0.25, -0.2) is 9.97 Å². The van der Waals surface area contributed by atoms with E-state index in [9.17, 15) is 0 Å². The van der Waals surface area contributed by atoms with Crippen LogP contribution in [0.4, 0.5) is 0 Å². The van der Waals surface area contributed by atoms with Crippen LogP contribution < -0.4 is 0 Å². The van der Waals surface area contributed by atoms with Crippen LogP contribution in [0.1, 0.15) is 16.4 Å². The zero-order chi connectivity index (χ0) is 13.4. The van der Waals surface area contributed by atoms with Crippen LogP contribution in [0.3, 0.4) is 0 Å². The lowest BCUT2D eigenvalue weighted by molar-refractivity contribution is 0.859. The van der Waals surface area contributed by atoms with Crippen LogP contribution in [0, 0.1) is 6.92 Å². The fraction of sp³-hybridized carbons (Fsp3) is 0.167. The first-order chi connectivity index (χ1) is 9.15. The molecule has 0 saturated heterocycles. The largest absolute Gasteiger partial charge is 0.264 e. The van der Waals surface area contributed by atoms with E-state index < -0.39 is 4.84 Å². The number of hydrogen-bond acceptors (Lipinski definition) is 4. The minimum Gasteiger partial charge on any atom is -0.264 e. The van der Waals surface area contributed by atoms with E-state index in [0.29, 0.717) is 17.3 Å². The molecule has 3 aromatic heterocycles. The quantitative estimate of drug-likeness (QED) is 0.682. The molecule has 7 heteroatoms. The highest BCUT2D eigenvalue weighted by Gasteiger charge is 2.15. The summed E-state index contributed by atoms with van der Waals surface area (Å²) in [5, 5.41) is 4.37. The highest BCUT2D eigenvalue weighted by atomic mass is 35.5. The molecule has 0 aliphatic carbocycles. The Labute approximate surface area is 119 Å².